The van der Waals surface area contributed by atoms with Crippen LogP contribution < -0.4 is 0 Å². The van der Waals surface area contributed by atoms with Gasteiger partial charge >= 0.3 is 5.69 Å². The molecule has 0 bridgehead atoms. The van der Waals surface area contributed by atoms with Crippen LogP contribution in [0.25, 0.3) is 0 Å². The summed E-state index contributed by atoms with van der Waals surface area (Å²) in [7, 11) is 0. The molecule has 0 amide bonds. The highest BCUT2D eigenvalue weighted by atomic mass is 19.1. The van der Waals surface area contributed by atoms with Crippen molar-refractivity contribution in [1.82, 2.24) is 0 Å². The largest absolute Gasteiger partial charge is 0.508 e. The van der Waals surface area contributed by atoms with Crippen molar-refractivity contribution < 1.29 is 14.4 Å². The van der Waals surface area contributed by atoms with Gasteiger partial charge in [0, 0.05) is 6.07 Å². The zero-order valence-corrected chi connectivity index (χ0v) is 6.90. The molecule has 72 valence electrons. The van der Waals surface area contributed by atoms with Gasteiger partial charge in [0.25, 0.3) is 0 Å². The Morgan fingerprint density at radius 3 is 2.79 bits per heavy atom. The molecule has 0 saturated carbocycles. The average molecular weight is 196 g/mol. The van der Waals surface area contributed by atoms with Gasteiger partial charge in [0.2, 0.25) is 5.82 Å². The van der Waals surface area contributed by atoms with Gasteiger partial charge in [-0.25, -0.2) is 0 Å². The van der Waals surface area contributed by atoms with Gasteiger partial charge in [-0.15, -0.1) is 0 Å². The Balaban J connectivity index is 3.38. The van der Waals surface area contributed by atoms with E-state index in [1.165, 1.54) is 0 Å². The van der Waals surface area contributed by atoms with Crippen LogP contribution in [0, 0.1) is 27.3 Å². The van der Waals surface area contributed by atoms with Crippen molar-refractivity contribution in [3.63, 3.8) is 0 Å². The van der Waals surface area contributed by atoms with Crippen LogP contribution in [-0.2, 0) is 6.42 Å². The molecule has 0 aromatic heterocycles. The fourth-order valence-electron chi connectivity index (χ4n) is 1.06. The van der Waals surface area contributed by atoms with Gasteiger partial charge < -0.3 is 5.11 Å². The minimum Gasteiger partial charge on any atom is -0.508 e. The maximum Gasteiger partial charge on any atom is 0.309 e. The second kappa shape index (κ2) is 3.70. The number of aromatic hydroxyl groups is 1. The lowest BCUT2D eigenvalue weighted by molar-refractivity contribution is -0.388. The van der Waals surface area contributed by atoms with Gasteiger partial charge in [0.05, 0.1) is 23.0 Å². The molecule has 0 radical (unpaired) electrons. The Hall–Kier alpha value is -2.16. The number of phenolic OH excluding ortho intramolecular Hbond substituents is 1. The SMILES string of the molecule is N#CCc1cc(O)cc(F)c1[N+](=O)[O-]. The number of hydrogen-bond donors (Lipinski definition) is 1. The summed E-state index contributed by atoms with van der Waals surface area (Å²) in [5, 5.41) is 27.7. The number of rotatable bonds is 2. The third-order valence-electron chi connectivity index (χ3n) is 1.58. The highest BCUT2D eigenvalue weighted by Gasteiger charge is 2.21. The molecule has 1 aromatic carbocycles. The van der Waals surface area contributed by atoms with Crippen molar-refractivity contribution in [3.05, 3.63) is 33.6 Å². The van der Waals surface area contributed by atoms with Crippen molar-refractivity contribution in [2.45, 2.75) is 6.42 Å². The highest BCUT2D eigenvalue weighted by Crippen LogP contribution is 2.27. The third kappa shape index (κ3) is 1.77. The summed E-state index contributed by atoms with van der Waals surface area (Å²) in [5.74, 6) is -1.57. The summed E-state index contributed by atoms with van der Waals surface area (Å²) in [4.78, 5) is 9.49. The van der Waals surface area contributed by atoms with E-state index in [1.807, 2.05) is 0 Å². The monoisotopic (exact) mass is 196 g/mol. The predicted octanol–water partition coefficient (Wildman–Crippen LogP) is 1.51. The smallest absolute Gasteiger partial charge is 0.309 e. The molecular formula is C8H5FN2O3. The lowest BCUT2D eigenvalue weighted by Gasteiger charge is -2.00. The lowest BCUT2D eigenvalue weighted by Crippen LogP contribution is -1.98. The number of nitro groups is 1. The van der Waals surface area contributed by atoms with E-state index >= 15 is 0 Å². The number of nitrogens with zero attached hydrogens (tertiary/aromatic N) is 2. The molecule has 0 aliphatic heterocycles. The Bertz CT molecular complexity index is 425. The van der Waals surface area contributed by atoms with Crippen molar-refractivity contribution in [2.24, 2.45) is 0 Å². The molecule has 0 unspecified atom stereocenters. The molecule has 0 aliphatic rings. The van der Waals surface area contributed by atoms with Crippen LogP contribution in [0.15, 0.2) is 12.1 Å². The average Bonchev–Trinajstić information content (AvgIpc) is 2.01. The maximum absolute atomic E-state index is 13.0. The molecule has 1 N–H and O–H groups in total. The molecule has 0 heterocycles. The molecule has 1 aromatic rings. The van der Waals surface area contributed by atoms with Crippen molar-refractivity contribution >= 4 is 5.69 Å². The summed E-state index contributed by atoms with van der Waals surface area (Å²) in [5.41, 5.74) is -0.889. The van der Waals surface area contributed by atoms with Crippen LogP contribution in [-0.4, -0.2) is 10.0 Å². The fraction of sp³-hybridized carbons (Fsp3) is 0.125. The molecule has 0 aliphatic carbocycles. The first-order chi connectivity index (χ1) is 6.56. The van der Waals surface area contributed by atoms with Crippen LogP contribution in [0.4, 0.5) is 10.1 Å². The van der Waals surface area contributed by atoms with Gasteiger partial charge in [0.15, 0.2) is 0 Å². The molecule has 1 rings (SSSR count). The maximum atomic E-state index is 13.0. The summed E-state index contributed by atoms with van der Waals surface area (Å²) < 4.78 is 13.0. The van der Waals surface area contributed by atoms with E-state index in [2.05, 4.69) is 0 Å². The standard InChI is InChI=1S/C8H5FN2O3/c9-7-4-6(12)3-5(1-2-10)8(7)11(13)14/h3-4,12H,1H2. The van der Waals surface area contributed by atoms with E-state index in [0.29, 0.717) is 6.07 Å². The van der Waals surface area contributed by atoms with E-state index in [0.717, 1.165) is 6.07 Å². The molecular weight excluding hydrogens is 191 g/mol. The molecule has 14 heavy (non-hydrogen) atoms. The topological polar surface area (TPSA) is 87.2 Å². The Labute approximate surface area is 78.2 Å². The number of nitro benzene ring substituents is 1. The number of nitriles is 1. The van der Waals surface area contributed by atoms with E-state index in [4.69, 9.17) is 10.4 Å². The first-order valence-electron chi connectivity index (χ1n) is 3.59. The van der Waals surface area contributed by atoms with Crippen molar-refractivity contribution in [1.29, 1.82) is 5.26 Å². The fourth-order valence-corrected chi connectivity index (χ4v) is 1.06. The minimum atomic E-state index is -1.14. The van der Waals surface area contributed by atoms with E-state index in [1.54, 1.807) is 6.07 Å². The normalized spacial score (nSPS) is 9.43. The Morgan fingerprint density at radius 1 is 1.64 bits per heavy atom. The van der Waals surface area contributed by atoms with E-state index < -0.39 is 22.2 Å². The zero-order chi connectivity index (χ0) is 10.7. The van der Waals surface area contributed by atoms with Crippen molar-refractivity contribution in [2.75, 3.05) is 0 Å². The summed E-state index contributed by atoms with van der Waals surface area (Å²) in [6, 6.07) is 3.29. The van der Waals surface area contributed by atoms with Crippen LogP contribution >= 0.6 is 0 Å². The van der Waals surface area contributed by atoms with E-state index in [-0.39, 0.29) is 12.0 Å². The Morgan fingerprint density at radius 2 is 2.29 bits per heavy atom. The third-order valence-corrected chi connectivity index (χ3v) is 1.58. The quantitative estimate of drug-likeness (QED) is 0.573. The first-order valence-corrected chi connectivity index (χ1v) is 3.59. The van der Waals surface area contributed by atoms with Gasteiger partial charge in [-0.3, -0.25) is 10.1 Å². The van der Waals surface area contributed by atoms with Crippen LogP contribution in [0.3, 0.4) is 0 Å². The Kier molecular flexibility index (Phi) is 2.62. The molecule has 0 saturated heterocycles. The van der Waals surface area contributed by atoms with Gasteiger partial charge in [-0.1, -0.05) is 0 Å². The van der Waals surface area contributed by atoms with Gasteiger partial charge in [0.1, 0.15) is 5.75 Å². The highest BCUT2D eigenvalue weighted by molar-refractivity contribution is 5.47. The molecule has 5 nitrogen and oxygen atoms in total. The molecule has 0 atom stereocenters. The van der Waals surface area contributed by atoms with Crippen LogP contribution in [0.5, 0.6) is 5.75 Å². The first kappa shape index (κ1) is 9.92. The summed E-state index contributed by atoms with van der Waals surface area (Å²) >= 11 is 0. The minimum absolute atomic E-state index is 0.130. The lowest BCUT2D eigenvalue weighted by atomic mass is 10.1. The number of halogens is 1. The molecule has 6 heteroatoms. The van der Waals surface area contributed by atoms with Gasteiger partial charge in [-0.05, 0) is 6.07 Å². The zero-order valence-electron chi connectivity index (χ0n) is 6.90. The summed E-state index contributed by atoms with van der Waals surface area (Å²) in [6.45, 7) is 0. The predicted molar refractivity (Wildman–Crippen MR) is 44.0 cm³/mol. The van der Waals surface area contributed by atoms with Crippen LogP contribution in [0.2, 0.25) is 0 Å². The second-order valence-electron chi connectivity index (χ2n) is 2.53. The number of benzene rings is 1. The van der Waals surface area contributed by atoms with Crippen molar-refractivity contribution in [3.8, 4) is 11.8 Å². The van der Waals surface area contributed by atoms with Crippen LogP contribution in [0.1, 0.15) is 5.56 Å². The number of phenols is 1. The summed E-state index contributed by atoms with van der Waals surface area (Å²) in [6.07, 6.45) is -0.318. The molecule has 0 spiro atoms. The number of hydrogen-bond acceptors (Lipinski definition) is 4. The van der Waals surface area contributed by atoms with Gasteiger partial charge in [-0.2, -0.15) is 9.65 Å². The molecule has 0 fully saturated rings. The second-order valence-corrected chi connectivity index (χ2v) is 2.53. The van der Waals surface area contributed by atoms with E-state index in [9.17, 15) is 14.5 Å².